The molecular formula is C27H32N6O2. The lowest BCUT2D eigenvalue weighted by atomic mass is 10.1. The maximum absolute atomic E-state index is 12.4. The maximum atomic E-state index is 12.4. The highest BCUT2D eigenvalue weighted by molar-refractivity contribution is 5.88. The summed E-state index contributed by atoms with van der Waals surface area (Å²) in [5, 5.41) is 3.44. The fourth-order valence-corrected chi connectivity index (χ4v) is 4.04. The molecule has 3 N–H and O–H groups in total. The molecule has 8 nitrogen and oxygen atoms in total. The minimum absolute atomic E-state index is 0.0686. The molecule has 3 aromatic rings. The van der Waals surface area contributed by atoms with Gasteiger partial charge in [-0.2, -0.15) is 0 Å². The molecule has 8 heteroatoms. The van der Waals surface area contributed by atoms with Crippen molar-refractivity contribution in [2.75, 3.05) is 51.3 Å². The summed E-state index contributed by atoms with van der Waals surface area (Å²) in [5.41, 5.74) is 7.91. The molecule has 1 aliphatic rings. The van der Waals surface area contributed by atoms with Crippen LogP contribution in [-0.4, -0.2) is 65.9 Å². The van der Waals surface area contributed by atoms with Gasteiger partial charge in [0, 0.05) is 32.3 Å². The number of nitrogens with zero attached hydrogens (tertiary/aromatic N) is 4. The van der Waals surface area contributed by atoms with Gasteiger partial charge in [-0.1, -0.05) is 36.4 Å². The summed E-state index contributed by atoms with van der Waals surface area (Å²) >= 11 is 0. The van der Waals surface area contributed by atoms with Crippen LogP contribution < -0.4 is 15.8 Å². The Labute approximate surface area is 206 Å². The quantitative estimate of drug-likeness (QED) is 0.456. The molecule has 1 atom stereocenters. The summed E-state index contributed by atoms with van der Waals surface area (Å²) in [4.78, 5) is 25.0. The van der Waals surface area contributed by atoms with Crippen LogP contribution in [-0.2, 0) is 4.79 Å². The van der Waals surface area contributed by atoms with Gasteiger partial charge in [-0.05, 0) is 56.3 Å². The van der Waals surface area contributed by atoms with E-state index in [0.29, 0.717) is 24.1 Å². The third kappa shape index (κ3) is 6.58. The lowest BCUT2D eigenvalue weighted by Crippen LogP contribution is -2.28. The van der Waals surface area contributed by atoms with Gasteiger partial charge in [0.05, 0.1) is 5.56 Å². The standard InChI is InChI=1S/C27H32N6O2/c1-32(2)15-6-9-24(34)33-16-14-20(18-33)17-29-27-25(26(28)30-19-31-27)21-10-12-23(13-11-21)35-22-7-4-3-5-8-22/h3-13,19-20H,14-18H2,1-2H3,(H3,28,29,30,31)/b9-6+. The number of carbonyl (C=O) groups excluding carboxylic acids is 1. The minimum Gasteiger partial charge on any atom is -0.457 e. The fraction of sp³-hybridized carbons (Fsp3) is 0.296. The number of nitrogens with one attached hydrogen (secondary N) is 1. The Balaban J connectivity index is 1.38. The topological polar surface area (TPSA) is 96.6 Å². The zero-order valence-electron chi connectivity index (χ0n) is 20.2. The van der Waals surface area contributed by atoms with Crippen molar-refractivity contribution in [3.63, 3.8) is 0 Å². The first-order valence-corrected chi connectivity index (χ1v) is 11.8. The lowest BCUT2D eigenvalue weighted by molar-refractivity contribution is -0.125. The van der Waals surface area contributed by atoms with Gasteiger partial charge in [0.25, 0.3) is 0 Å². The van der Waals surface area contributed by atoms with Gasteiger partial charge in [-0.25, -0.2) is 9.97 Å². The number of anilines is 2. The van der Waals surface area contributed by atoms with Gasteiger partial charge >= 0.3 is 0 Å². The summed E-state index contributed by atoms with van der Waals surface area (Å²) in [5.74, 6) is 3.02. The van der Waals surface area contributed by atoms with Crippen molar-refractivity contribution in [3.05, 3.63) is 73.1 Å². The Kier molecular flexibility index (Phi) is 7.95. The van der Waals surface area contributed by atoms with E-state index >= 15 is 0 Å². The van der Waals surface area contributed by atoms with Gasteiger partial charge in [0.15, 0.2) is 0 Å². The summed E-state index contributed by atoms with van der Waals surface area (Å²) in [6.45, 7) is 2.93. The monoisotopic (exact) mass is 472 g/mol. The van der Waals surface area contributed by atoms with E-state index in [1.165, 1.54) is 6.33 Å². The van der Waals surface area contributed by atoms with E-state index in [1.54, 1.807) is 6.08 Å². The Morgan fingerprint density at radius 3 is 2.63 bits per heavy atom. The average Bonchev–Trinajstić information content (AvgIpc) is 3.33. The zero-order chi connectivity index (χ0) is 24.6. The van der Waals surface area contributed by atoms with Gasteiger partial charge in [0.1, 0.15) is 29.5 Å². The first-order valence-electron chi connectivity index (χ1n) is 11.8. The number of ether oxygens (including phenoxy) is 1. The van der Waals surface area contributed by atoms with Gasteiger partial charge in [-0.3, -0.25) is 4.79 Å². The number of rotatable bonds is 9. The van der Waals surface area contributed by atoms with Crippen LogP contribution in [0.2, 0.25) is 0 Å². The van der Waals surface area contributed by atoms with Crippen LogP contribution in [0.15, 0.2) is 73.1 Å². The number of para-hydroxylation sites is 1. The third-order valence-electron chi connectivity index (χ3n) is 5.89. The summed E-state index contributed by atoms with van der Waals surface area (Å²) in [7, 11) is 3.96. The Morgan fingerprint density at radius 2 is 1.89 bits per heavy atom. The SMILES string of the molecule is CN(C)C/C=C/C(=O)N1CCC(CNc2ncnc(N)c2-c2ccc(Oc3ccccc3)cc2)C1. The smallest absolute Gasteiger partial charge is 0.246 e. The van der Waals surface area contributed by atoms with E-state index in [-0.39, 0.29) is 5.91 Å². The van der Waals surface area contributed by atoms with Crippen LogP contribution >= 0.6 is 0 Å². The highest BCUT2D eigenvalue weighted by Crippen LogP contribution is 2.33. The number of hydrogen-bond donors (Lipinski definition) is 2. The van der Waals surface area contributed by atoms with E-state index in [4.69, 9.17) is 10.5 Å². The zero-order valence-corrected chi connectivity index (χ0v) is 20.2. The molecule has 1 aromatic heterocycles. The van der Waals surface area contributed by atoms with Crippen LogP contribution in [0.3, 0.4) is 0 Å². The molecule has 35 heavy (non-hydrogen) atoms. The lowest BCUT2D eigenvalue weighted by Gasteiger charge is -2.17. The second-order valence-corrected chi connectivity index (χ2v) is 8.91. The first kappa shape index (κ1) is 24.2. The number of nitrogen functional groups attached to an aromatic ring is 1. The van der Waals surface area contributed by atoms with Gasteiger partial charge in [0.2, 0.25) is 5.91 Å². The Morgan fingerprint density at radius 1 is 1.14 bits per heavy atom. The molecule has 0 saturated carbocycles. The van der Waals surface area contributed by atoms with Crippen molar-refractivity contribution in [1.82, 2.24) is 19.8 Å². The number of amides is 1. The van der Waals surface area contributed by atoms with Gasteiger partial charge in [-0.15, -0.1) is 0 Å². The highest BCUT2D eigenvalue weighted by atomic mass is 16.5. The van der Waals surface area contributed by atoms with Crippen LogP contribution in [0.25, 0.3) is 11.1 Å². The Hall–Kier alpha value is -3.91. The van der Waals surface area contributed by atoms with E-state index < -0.39 is 0 Å². The maximum Gasteiger partial charge on any atom is 0.246 e. The van der Waals surface area contributed by atoms with Crippen molar-refractivity contribution >= 4 is 17.5 Å². The Bertz CT molecular complexity index is 1150. The molecule has 0 radical (unpaired) electrons. The molecular weight excluding hydrogens is 440 g/mol. The molecule has 1 amide bonds. The molecule has 1 aliphatic heterocycles. The molecule has 182 valence electrons. The number of benzene rings is 2. The number of carbonyl (C=O) groups is 1. The number of aromatic nitrogens is 2. The van der Waals surface area contributed by atoms with Crippen LogP contribution in [0.5, 0.6) is 11.5 Å². The van der Waals surface area contributed by atoms with E-state index in [9.17, 15) is 4.79 Å². The summed E-state index contributed by atoms with van der Waals surface area (Å²) < 4.78 is 5.89. The molecule has 0 bridgehead atoms. The molecule has 2 heterocycles. The number of nitrogens with two attached hydrogens (primary N) is 1. The van der Waals surface area contributed by atoms with Crippen LogP contribution in [0.1, 0.15) is 6.42 Å². The highest BCUT2D eigenvalue weighted by Gasteiger charge is 2.25. The van der Waals surface area contributed by atoms with Gasteiger partial charge < -0.3 is 25.6 Å². The van der Waals surface area contributed by atoms with Crippen molar-refractivity contribution in [3.8, 4) is 22.6 Å². The van der Waals surface area contributed by atoms with Crippen LogP contribution in [0.4, 0.5) is 11.6 Å². The summed E-state index contributed by atoms with van der Waals surface area (Å²) in [6.07, 6.45) is 5.99. The molecule has 1 unspecified atom stereocenters. The molecule has 0 aliphatic carbocycles. The molecule has 4 rings (SSSR count). The second-order valence-electron chi connectivity index (χ2n) is 8.91. The molecule has 1 saturated heterocycles. The first-order chi connectivity index (χ1) is 17.0. The second kappa shape index (κ2) is 11.5. The number of hydrogen-bond acceptors (Lipinski definition) is 7. The molecule has 2 aromatic carbocycles. The molecule has 0 spiro atoms. The largest absolute Gasteiger partial charge is 0.457 e. The predicted octanol–water partition coefficient (Wildman–Crippen LogP) is 3.90. The van der Waals surface area contributed by atoms with E-state index in [2.05, 4.69) is 15.3 Å². The van der Waals surface area contributed by atoms with E-state index in [0.717, 1.165) is 48.7 Å². The van der Waals surface area contributed by atoms with Crippen molar-refractivity contribution < 1.29 is 9.53 Å². The number of likely N-dealkylation sites (tertiary alicyclic amines) is 1. The predicted molar refractivity (Wildman–Crippen MR) is 139 cm³/mol. The van der Waals surface area contributed by atoms with E-state index in [1.807, 2.05) is 84.6 Å². The number of likely N-dealkylation sites (N-methyl/N-ethyl adjacent to an activating group) is 1. The normalized spacial score (nSPS) is 15.6. The van der Waals surface area contributed by atoms with Crippen LogP contribution in [0, 0.1) is 5.92 Å². The summed E-state index contributed by atoms with van der Waals surface area (Å²) in [6, 6.07) is 17.4. The van der Waals surface area contributed by atoms with Crippen molar-refractivity contribution in [2.45, 2.75) is 6.42 Å². The van der Waals surface area contributed by atoms with Crippen molar-refractivity contribution in [2.24, 2.45) is 5.92 Å². The third-order valence-corrected chi connectivity index (χ3v) is 5.89. The fourth-order valence-electron chi connectivity index (χ4n) is 4.04. The minimum atomic E-state index is 0.0686. The molecule has 1 fully saturated rings. The van der Waals surface area contributed by atoms with Crippen molar-refractivity contribution in [1.29, 1.82) is 0 Å². The average molecular weight is 473 g/mol.